The van der Waals surface area contributed by atoms with Gasteiger partial charge in [0.2, 0.25) is 0 Å². The largest absolute Gasteiger partial charge is 0.373 e. The molecule has 1 rings (SSSR count). The lowest BCUT2D eigenvalue weighted by Crippen LogP contribution is -2.41. The van der Waals surface area contributed by atoms with Crippen LogP contribution in [0, 0.1) is 23.7 Å². The van der Waals surface area contributed by atoms with Gasteiger partial charge in [-0.25, -0.2) is 0 Å². The summed E-state index contributed by atoms with van der Waals surface area (Å²) in [5.74, 6) is 2.53. The molecule has 124 valence electrons. The van der Waals surface area contributed by atoms with Crippen LogP contribution in [0.5, 0.6) is 0 Å². The van der Waals surface area contributed by atoms with Crippen LogP contribution < -0.4 is 0 Å². The highest BCUT2D eigenvalue weighted by molar-refractivity contribution is 5.83. The maximum Gasteiger partial charge on any atom is 0.162 e. The summed E-state index contributed by atoms with van der Waals surface area (Å²) in [6, 6.07) is 0. The fourth-order valence-corrected chi connectivity index (χ4v) is 4.15. The van der Waals surface area contributed by atoms with Crippen LogP contribution >= 0.6 is 0 Å². The van der Waals surface area contributed by atoms with Gasteiger partial charge in [-0.3, -0.25) is 4.79 Å². The molecule has 4 unspecified atom stereocenters. The lowest BCUT2D eigenvalue weighted by Gasteiger charge is -2.39. The van der Waals surface area contributed by atoms with Crippen LogP contribution in [0.15, 0.2) is 0 Å². The molecule has 0 aromatic rings. The quantitative estimate of drug-likeness (QED) is 0.581. The summed E-state index contributed by atoms with van der Waals surface area (Å²) in [7, 11) is 1.73. The Morgan fingerprint density at radius 2 is 1.81 bits per heavy atom. The van der Waals surface area contributed by atoms with Gasteiger partial charge in [-0.2, -0.15) is 0 Å². The van der Waals surface area contributed by atoms with Crippen LogP contribution in [0.4, 0.5) is 0 Å². The number of carbonyl (C=O) groups excluding carboxylic acids is 1. The number of methoxy groups -OCH3 is 1. The number of hydrogen-bond donors (Lipinski definition) is 0. The molecule has 0 amide bonds. The van der Waals surface area contributed by atoms with Gasteiger partial charge in [0.05, 0.1) is 0 Å². The lowest BCUT2D eigenvalue weighted by atomic mass is 9.69. The van der Waals surface area contributed by atoms with Gasteiger partial charge in [-0.1, -0.05) is 72.6 Å². The van der Waals surface area contributed by atoms with Crippen molar-refractivity contribution in [1.29, 1.82) is 0 Å². The molecule has 1 fully saturated rings. The SMILES string of the molecule is CCCCC(CC)CC(=O)C(OC)C1C(C)CCCC1C. The van der Waals surface area contributed by atoms with Crippen molar-refractivity contribution in [2.45, 2.75) is 85.2 Å². The average molecular weight is 296 g/mol. The van der Waals surface area contributed by atoms with Crippen molar-refractivity contribution in [3.63, 3.8) is 0 Å². The number of unbranched alkanes of at least 4 members (excludes halogenated alkanes) is 1. The summed E-state index contributed by atoms with van der Waals surface area (Å²) < 4.78 is 5.69. The van der Waals surface area contributed by atoms with Crippen LogP contribution in [-0.4, -0.2) is 19.0 Å². The van der Waals surface area contributed by atoms with Crippen LogP contribution in [0.1, 0.15) is 79.1 Å². The fourth-order valence-electron chi connectivity index (χ4n) is 4.15. The molecule has 0 saturated heterocycles. The first-order valence-corrected chi connectivity index (χ1v) is 9.10. The van der Waals surface area contributed by atoms with E-state index in [4.69, 9.17) is 4.74 Å². The molecule has 1 aliphatic rings. The molecule has 0 spiro atoms. The average Bonchev–Trinajstić information content (AvgIpc) is 2.47. The first-order valence-electron chi connectivity index (χ1n) is 9.10. The molecular formula is C19H36O2. The molecule has 2 nitrogen and oxygen atoms in total. The van der Waals surface area contributed by atoms with Gasteiger partial charge < -0.3 is 4.74 Å². The second-order valence-electron chi connectivity index (χ2n) is 7.21. The Hall–Kier alpha value is -0.370. The second-order valence-corrected chi connectivity index (χ2v) is 7.21. The zero-order valence-electron chi connectivity index (χ0n) is 14.9. The maximum absolute atomic E-state index is 12.8. The zero-order chi connectivity index (χ0) is 15.8. The van der Waals surface area contributed by atoms with Crippen LogP contribution in [-0.2, 0) is 9.53 Å². The molecule has 1 aliphatic carbocycles. The summed E-state index contributed by atoms with van der Waals surface area (Å²) >= 11 is 0. The van der Waals surface area contributed by atoms with Crippen molar-refractivity contribution in [1.82, 2.24) is 0 Å². The van der Waals surface area contributed by atoms with E-state index in [0.29, 0.717) is 35.9 Å². The van der Waals surface area contributed by atoms with Gasteiger partial charge in [0, 0.05) is 13.5 Å². The molecule has 0 aromatic heterocycles. The monoisotopic (exact) mass is 296 g/mol. The van der Waals surface area contributed by atoms with Gasteiger partial charge in [-0.05, 0) is 23.7 Å². The lowest BCUT2D eigenvalue weighted by molar-refractivity contribution is -0.137. The zero-order valence-corrected chi connectivity index (χ0v) is 14.9. The van der Waals surface area contributed by atoms with Crippen LogP contribution in [0.25, 0.3) is 0 Å². The third kappa shape index (κ3) is 5.39. The summed E-state index contributed by atoms with van der Waals surface area (Å²) in [5.41, 5.74) is 0. The highest BCUT2D eigenvalue weighted by Gasteiger charge is 2.38. The number of Topliss-reactive ketones (excluding diaryl/α,β-unsaturated/α-hetero) is 1. The molecule has 0 aromatic carbocycles. The van der Waals surface area contributed by atoms with Crippen molar-refractivity contribution >= 4 is 5.78 Å². The Bertz CT molecular complexity index is 290. The number of hydrogen-bond acceptors (Lipinski definition) is 2. The molecule has 0 radical (unpaired) electrons. The summed E-state index contributed by atoms with van der Waals surface area (Å²) in [6.45, 7) is 9.03. The van der Waals surface area contributed by atoms with E-state index in [9.17, 15) is 4.79 Å². The van der Waals surface area contributed by atoms with Crippen molar-refractivity contribution < 1.29 is 9.53 Å². The highest BCUT2D eigenvalue weighted by Crippen LogP contribution is 2.38. The van der Waals surface area contributed by atoms with E-state index in [0.717, 1.165) is 6.42 Å². The highest BCUT2D eigenvalue weighted by atomic mass is 16.5. The van der Waals surface area contributed by atoms with E-state index in [1.807, 2.05) is 0 Å². The second kappa shape index (κ2) is 9.61. The van der Waals surface area contributed by atoms with Gasteiger partial charge in [-0.15, -0.1) is 0 Å². The van der Waals surface area contributed by atoms with E-state index in [1.54, 1.807) is 7.11 Å². The normalized spacial score (nSPS) is 29.1. The predicted octanol–water partition coefficient (Wildman–Crippen LogP) is 5.25. The van der Waals surface area contributed by atoms with Gasteiger partial charge >= 0.3 is 0 Å². The van der Waals surface area contributed by atoms with E-state index >= 15 is 0 Å². The fraction of sp³-hybridized carbons (Fsp3) is 0.947. The minimum Gasteiger partial charge on any atom is -0.373 e. The number of rotatable bonds is 9. The Morgan fingerprint density at radius 3 is 2.29 bits per heavy atom. The number of ether oxygens (including phenoxy) is 1. The standard InChI is InChI=1S/C19H36O2/c1-6-8-12-16(7-2)13-17(20)19(21-5)18-14(3)10-9-11-15(18)4/h14-16,18-19H,6-13H2,1-5H3. The minimum atomic E-state index is -0.175. The summed E-state index contributed by atoms with van der Waals surface area (Å²) in [4.78, 5) is 12.8. The molecular weight excluding hydrogens is 260 g/mol. The topological polar surface area (TPSA) is 26.3 Å². The molecule has 1 saturated carbocycles. The Labute approximate surface area is 132 Å². The number of ketones is 1. The van der Waals surface area contributed by atoms with Crippen molar-refractivity contribution in [3.8, 4) is 0 Å². The molecule has 0 aliphatic heterocycles. The predicted molar refractivity (Wildman–Crippen MR) is 89.4 cm³/mol. The van der Waals surface area contributed by atoms with E-state index in [-0.39, 0.29) is 6.10 Å². The molecule has 2 heteroatoms. The minimum absolute atomic E-state index is 0.175. The summed E-state index contributed by atoms with van der Waals surface area (Å²) in [6.07, 6.45) is 9.08. The van der Waals surface area contributed by atoms with E-state index in [1.165, 1.54) is 38.5 Å². The van der Waals surface area contributed by atoms with Crippen molar-refractivity contribution in [3.05, 3.63) is 0 Å². The molecule has 0 bridgehead atoms. The third-order valence-electron chi connectivity index (χ3n) is 5.59. The molecule has 0 heterocycles. The smallest absolute Gasteiger partial charge is 0.162 e. The van der Waals surface area contributed by atoms with E-state index < -0.39 is 0 Å². The maximum atomic E-state index is 12.8. The van der Waals surface area contributed by atoms with Gasteiger partial charge in [0.15, 0.2) is 5.78 Å². The van der Waals surface area contributed by atoms with Gasteiger partial charge in [0.1, 0.15) is 6.10 Å². The molecule has 21 heavy (non-hydrogen) atoms. The van der Waals surface area contributed by atoms with Gasteiger partial charge in [0.25, 0.3) is 0 Å². The van der Waals surface area contributed by atoms with Crippen LogP contribution in [0.2, 0.25) is 0 Å². The van der Waals surface area contributed by atoms with Crippen molar-refractivity contribution in [2.24, 2.45) is 23.7 Å². The Balaban J connectivity index is 2.66. The summed E-state index contributed by atoms with van der Waals surface area (Å²) in [5, 5.41) is 0. The van der Waals surface area contributed by atoms with Crippen LogP contribution in [0.3, 0.4) is 0 Å². The molecule has 0 N–H and O–H groups in total. The third-order valence-corrected chi connectivity index (χ3v) is 5.59. The van der Waals surface area contributed by atoms with Crippen molar-refractivity contribution in [2.75, 3.05) is 7.11 Å². The number of carbonyl (C=O) groups is 1. The Kier molecular flexibility index (Phi) is 8.55. The van der Waals surface area contributed by atoms with E-state index in [2.05, 4.69) is 27.7 Å². The first kappa shape index (κ1) is 18.7. The Morgan fingerprint density at radius 1 is 1.19 bits per heavy atom. The first-order chi connectivity index (χ1) is 10.0. The molecule has 4 atom stereocenters.